The fraction of sp³-hybridized carbons (Fsp3) is 0.357. The summed E-state index contributed by atoms with van der Waals surface area (Å²) in [4.78, 5) is 0.154. The maximum atomic E-state index is 12.4. The molecule has 0 spiro atoms. The van der Waals surface area contributed by atoms with Crippen LogP contribution in [0.25, 0.3) is 0 Å². The lowest BCUT2D eigenvalue weighted by Gasteiger charge is -2.17. The number of sulfonamides is 1. The number of aromatic nitrogens is 2. The summed E-state index contributed by atoms with van der Waals surface area (Å²) >= 11 is 0. The molecule has 1 aromatic carbocycles. The zero-order valence-electron chi connectivity index (χ0n) is 12.5. The van der Waals surface area contributed by atoms with E-state index in [2.05, 4.69) is 14.9 Å². The molecule has 0 radical (unpaired) electrons. The number of nitrogens with one attached hydrogen (secondary N) is 2. The third-order valence-corrected chi connectivity index (χ3v) is 4.91. The van der Waals surface area contributed by atoms with Gasteiger partial charge in [0.25, 0.3) is 0 Å². The highest BCUT2D eigenvalue weighted by Gasteiger charge is 2.23. The van der Waals surface area contributed by atoms with Gasteiger partial charge in [-0.2, -0.15) is 5.10 Å². The van der Waals surface area contributed by atoms with Crippen molar-refractivity contribution in [3.8, 4) is 5.75 Å². The van der Waals surface area contributed by atoms with E-state index in [1.807, 2.05) is 25.1 Å². The molecule has 0 aliphatic carbocycles. The molecule has 1 unspecified atom stereocenters. The Hall–Kier alpha value is -1.86. The SMILES string of the molecule is COc1ccc(C)cc1C(C)NS(=O)(=O)c1cn[nH]c1C. The highest BCUT2D eigenvalue weighted by atomic mass is 32.2. The normalized spacial score (nSPS) is 13.1. The van der Waals surface area contributed by atoms with Gasteiger partial charge >= 0.3 is 0 Å². The van der Waals surface area contributed by atoms with E-state index >= 15 is 0 Å². The topological polar surface area (TPSA) is 84.1 Å². The van der Waals surface area contributed by atoms with Crippen LogP contribution in [-0.4, -0.2) is 25.7 Å². The van der Waals surface area contributed by atoms with Crippen molar-refractivity contribution in [2.24, 2.45) is 0 Å². The minimum atomic E-state index is -3.63. The Labute approximate surface area is 124 Å². The Balaban J connectivity index is 2.32. The number of methoxy groups -OCH3 is 1. The van der Waals surface area contributed by atoms with E-state index in [-0.39, 0.29) is 4.90 Å². The zero-order valence-corrected chi connectivity index (χ0v) is 13.3. The number of hydrogen-bond acceptors (Lipinski definition) is 4. The van der Waals surface area contributed by atoms with Crippen LogP contribution in [0.5, 0.6) is 5.75 Å². The highest BCUT2D eigenvalue weighted by molar-refractivity contribution is 7.89. The minimum absolute atomic E-state index is 0.154. The van der Waals surface area contributed by atoms with Gasteiger partial charge in [0.15, 0.2) is 0 Å². The number of aromatic amines is 1. The number of aryl methyl sites for hydroxylation is 2. The molecular weight excluding hydrogens is 290 g/mol. The maximum Gasteiger partial charge on any atom is 0.244 e. The fourth-order valence-corrected chi connectivity index (χ4v) is 3.52. The summed E-state index contributed by atoms with van der Waals surface area (Å²) in [5.41, 5.74) is 2.34. The first-order valence-corrected chi connectivity index (χ1v) is 8.00. The smallest absolute Gasteiger partial charge is 0.244 e. The lowest BCUT2D eigenvalue weighted by molar-refractivity contribution is 0.405. The van der Waals surface area contributed by atoms with Crippen molar-refractivity contribution >= 4 is 10.0 Å². The summed E-state index contributed by atoms with van der Waals surface area (Å²) < 4.78 is 32.7. The van der Waals surface area contributed by atoms with E-state index in [4.69, 9.17) is 4.74 Å². The summed E-state index contributed by atoms with van der Waals surface area (Å²) in [7, 11) is -2.07. The molecule has 114 valence electrons. The van der Waals surface area contributed by atoms with Gasteiger partial charge < -0.3 is 4.74 Å². The van der Waals surface area contributed by atoms with Gasteiger partial charge in [0, 0.05) is 11.6 Å². The molecule has 1 aromatic heterocycles. The van der Waals surface area contributed by atoms with Gasteiger partial charge in [0.1, 0.15) is 10.6 Å². The molecule has 1 heterocycles. The number of H-pyrrole nitrogens is 1. The number of ether oxygens (including phenoxy) is 1. The van der Waals surface area contributed by atoms with Crippen LogP contribution in [0.2, 0.25) is 0 Å². The van der Waals surface area contributed by atoms with Gasteiger partial charge in [0.2, 0.25) is 10.0 Å². The first-order valence-electron chi connectivity index (χ1n) is 6.52. The van der Waals surface area contributed by atoms with Crippen molar-refractivity contribution in [1.82, 2.24) is 14.9 Å². The molecule has 0 saturated heterocycles. The lowest BCUT2D eigenvalue weighted by Crippen LogP contribution is -2.27. The fourth-order valence-electron chi connectivity index (χ4n) is 2.16. The molecule has 0 fully saturated rings. The molecule has 7 heteroatoms. The molecule has 6 nitrogen and oxygen atoms in total. The van der Waals surface area contributed by atoms with Crippen LogP contribution in [0.1, 0.15) is 29.8 Å². The molecule has 21 heavy (non-hydrogen) atoms. The summed E-state index contributed by atoms with van der Waals surface area (Å²) in [6.07, 6.45) is 1.30. The number of benzene rings is 1. The van der Waals surface area contributed by atoms with E-state index in [0.717, 1.165) is 11.1 Å². The minimum Gasteiger partial charge on any atom is -0.496 e. The molecule has 0 aliphatic rings. The van der Waals surface area contributed by atoms with Crippen molar-refractivity contribution in [2.75, 3.05) is 7.11 Å². The standard InChI is InChI=1S/C14H19N3O3S/c1-9-5-6-13(20-4)12(7-9)10(2)17-21(18,19)14-8-15-16-11(14)3/h5-8,10,17H,1-4H3,(H,15,16). The quantitative estimate of drug-likeness (QED) is 0.885. The van der Waals surface area contributed by atoms with E-state index in [1.54, 1.807) is 21.0 Å². The maximum absolute atomic E-state index is 12.4. The number of nitrogens with zero attached hydrogens (tertiary/aromatic N) is 1. The molecule has 2 N–H and O–H groups in total. The largest absolute Gasteiger partial charge is 0.496 e. The van der Waals surface area contributed by atoms with Crippen LogP contribution in [0.3, 0.4) is 0 Å². The van der Waals surface area contributed by atoms with E-state index in [9.17, 15) is 8.42 Å². The van der Waals surface area contributed by atoms with Crippen LogP contribution in [-0.2, 0) is 10.0 Å². The average molecular weight is 309 g/mol. The second kappa shape index (κ2) is 5.87. The molecule has 0 bridgehead atoms. The third-order valence-electron chi connectivity index (χ3n) is 3.26. The lowest BCUT2D eigenvalue weighted by atomic mass is 10.1. The second-order valence-electron chi connectivity index (χ2n) is 4.95. The Morgan fingerprint density at radius 3 is 2.62 bits per heavy atom. The van der Waals surface area contributed by atoms with Crippen molar-refractivity contribution in [3.63, 3.8) is 0 Å². The molecule has 1 atom stereocenters. The van der Waals surface area contributed by atoms with Crippen molar-refractivity contribution in [2.45, 2.75) is 31.7 Å². The van der Waals surface area contributed by atoms with Crippen LogP contribution in [0.15, 0.2) is 29.3 Å². The van der Waals surface area contributed by atoms with Crippen molar-refractivity contribution in [3.05, 3.63) is 41.2 Å². The zero-order chi connectivity index (χ0) is 15.6. The van der Waals surface area contributed by atoms with Crippen LogP contribution in [0, 0.1) is 13.8 Å². The van der Waals surface area contributed by atoms with Gasteiger partial charge in [-0.25, -0.2) is 13.1 Å². The number of rotatable bonds is 5. The third kappa shape index (κ3) is 3.25. The van der Waals surface area contributed by atoms with E-state index in [0.29, 0.717) is 11.4 Å². The molecule has 0 aliphatic heterocycles. The van der Waals surface area contributed by atoms with Gasteiger partial charge in [0.05, 0.1) is 19.0 Å². The summed E-state index contributed by atoms with van der Waals surface area (Å²) in [5.74, 6) is 0.653. The van der Waals surface area contributed by atoms with Crippen LogP contribution in [0.4, 0.5) is 0 Å². The highest BCUT2D eigenvalue weighted by Crippen LogP contribution is 2.27. The van der Waals surface area contributed by atoms with Gasteiger partial charge in [-0.05, 0) is 26.8 Å². The van der Waals surface area contributed by atoms with Crippen molar-refractivity contribution < 1.29 is 13.2 Å². The summed E-state index contributed by atoms with van der Waals surface area (Å²) in [6, 6.07) is 5.25. The first kappa shape index (κ1) is 15.5. The van der Waals surface area contributed by atoms with E-state index in [1.165, 1.54) is 6.20 Å². The first-order chi connectivity index (χ1) is 9.85. The number of hydrogen-bond donors (Lipinski definition) is 2. The Kier molecular flexibility index (Phi) is 4.34. The van der Waals surface area contributed by atoms with Gasteiger partial charge in [-0.15, -0.1) is 0 Å². The van der Waals surface area contributed by atoms with Crippen LogP contribution < -0.4 is 9.46 Å². The second-order valence-corrected chi connectivity index (χ2v) is 6.63. The van der Waals surface area contributed by atoms with Crippen LogP contribution >= 0.6 is 0 Å². The molecule has 0 amide bonds. The molecule has 2 aromatic rings. The van der Waals surface area contributed by atoms with E-state index < -0.39 is 16.1 Å². The van der Waals surface area contributed by atoms with Gasteiger partial charge in [-0.3, -0.25) is 5.10 Å². The Bertz CT molecular complexity index is 738. The predicted molar refractivity (Wildman–Crippen MR) is 79.8 cm³/mol. The molecular formula is C14H19N3O3S. The Morgan fingerprint density at radius 2 is 2.05 bits per heavy atom. The molecule has 2 rings (SSSR count). The molecule has 0 saturated carbocycles. The van der Waals surface area contributed by atoms with Gasteiger partial charge in [-0.1, -0.05) is 17.7 Å². The summed E-state index contributed by atoms with van der Waals surface area (Å²) in [5, 5.41) is 6.37. The monoisotopic (exact) mass is 309 g/mol. The predicted octanol–water partition coefficient (Wildman–Crippen LogP) is 2.07. The Morgan fingerprint density at radius 1 is 1.33 bits per heavy atom. The van der Waals surface area contributed by atoms with Crippen molar-refractivity contribution in [1.29, 1.82) is 0 Å². The summed E-state index contributed by atoms with van der Waals surface area (Å²) in [6.45, 7) is 5.40. The average Bonchev–Trinajstić information content (AvgIpc) is 2.85.